The zero-order valence-electron chi connectivity index (χ0n) is 14.0. The molecule has 3 heterocycles. The first-order valence-electron chi connectivity index (χ1n) is 8.10. The van der Waals surface area contributed by atoms with Gasteiger partial charge in [0.25, 0.3) is 5.91 Å². The van der Waals surface area contributed by atoms with Crippen LogP contribution in [0.3, 0.4) is 0 Å². The van der Waals surface area contributed by atoms with Gasteiger partial charge in [0.05, 0.1) is 30.6 Å². The summed E-state index contributed by atoms with van der Waals surface area (Å²) in [4.78, 5) is 31.6. The Morgan fingerprint density at radius 2 is 2.08 bits per heavy atom. The average Bonchev–Trinajstić information content (AvgIpc) is 2.61. The van der Waals surface area contributed by atoms with Crippen molar-refractivity contribution in [2.24, 2.45) is 0 Å². The van der Waals surface area contributed by atoms with Gasteiger partial charge in [-0.15, -0.1) is 0 Å². The van der Waals surface area contributed by atoms with Crippen molar-refractivity contribution < 1.29 is 9.53 Å². The van der Waals surface area contributed by atoms with Crippen LogP contribution >= 0.6 is 0 Å². The van der Waals surface area contributed by atoms with Crippen LogP contribution in [0, 0.1) is 13.8 Å². The van der Waals surface area contributed by atoms with E-state index >= 15 is 0 Å². The van der Waals surface area contributed by atoms with Crippen molar-refractivity contribution in [2.75, 3.05) is 19.8 Å². The number of aryl methyl sites for hydroxylation is 3. The molecule has 7 nitrogen and oxygen atoms in total. The third kappa shape index (κ3) is 3.73. The number of ether oxygens (including phenoxy) is 1. The predicted molar refractivity (Wildman–Crippen MR) is 87.5 cm³/mol. The highest BCUT2D eigenvalue weighted by Crippen LogP contribution is 2.16. The van der Waals surface area contributed by atoms with E-state index in [0.717, 1.165) is 24.2 Å². The molecule has 0 bridgehead atoms. The van der Waals surface area contributed by atoms with E-state index in [-0.39, 0.29) is 11.9 Å². The highest BCUT2D eigenvalue weighted by Gasteiger charge is 2.29. The summed E-state index contributed by atoms with van der Waals surface area (Å²) in [5, 5.41) is 0. The Morgan fingerprint density at radius 3 is 2.88 bits per heavy atom. The zero-order valence-corrected chi connectivity index (χ0v) is 14.0. The third-order valence-electron chi connectivity index (χ3n) is 4.18. The summed E-state index contributed by atoms with van der Waals surface area (Å²) in [5.41, 5.74) is 2.33. The Labute approximate surface area is 141 Å². The number of morpholine rings is 1. The number of hydrogen-bond donors (Lipinski definition) is 0. The van der Waals surface area contributed by atoms with Gasteiger partial charge in [-0.2, -0.15) is 0 Å². The first-order valence-corrected chi connectivity index (χ1v) is 8.10. The number of aromatic nitrogens is 4. The molecule has 0 spiro atoms. The van der Waals surface area contributed by atoms with E-state index in [1.54, 1.807) is 31.6 Å². The minimum Gasteiger partial charge on any atom is -0.377 e. The van der Waals surface area contributed by atoms with Gasteiger partial charge in [0, 0.05) is 25.1 Å². The molecule has 1 aliphatic heterocycles. The highest BCUT2D eigenvalue weighted by molar-refractivity contribution is 5.92. The minimum absolute atomic E-state index is 0.0166. The number of hydrogen-bond acceptors (Lipinski definition) is 6. The Morgan fingerprint density at radius 1 is 1.25 bits per heavy atom. The molecular formula is C17H21N5O2. The minimum atomic E-state index is -0.0651. The van der Waals surface area contributed by atoms with Crippen LogP contribution in [0.5, 0.6) is 0 Å². The molecule has 0 aliphatic carbocycles. The lowest BCUT2D eigenvalue weighted by atomic mass is 10.1. The van der Waals surface area contributed by atoms with Gasteiger partial charge in [-0.25, -0.2) is 9.97 Å². The van der Waals surface area contributed by atoms with Gasteiger partial charge >= 0.3 is 0 Å². The molecule has 0 aromatic carbocycles. The fraction of sp³-hybridized carbons (Fsp3) is 0.471. The van der Waals surface area contributed by atoms with E-state index in [1.807, 2.05) is 11.8 Å². The third-order valence-corrected chi connectivity index (χ3v) is 4.18. The van der Waals surface area contributed by atoms with Crippen molar-refractivity contribution >= 4 is 5.91 Å². The molecule has 1 atom stereocenters. The Balaban J connectivity index is 1.71. The van der Waals surface area contributed by atoms with E-state index in [2.05, 4.69) is 19.9 Å². The number of nitrogens with zero attached hydrogens (tertiary/aromatic N) is 5. The van der Waals surface area contributed by atoms with Gasteiger partial charge in [-0.05, 0) is 32.8 Å². The molecule has 0 N–H and O–H groups in total. The summed E-state index contributed by atoms with van der Waals surface area (Å²) in [6.45, 7) is 5.40. The summed E-state index contributed by atoms with van der Waals surface area (Å²) < 4.78 is 5.58. The average molecular weight is 327 g/mol. The number of amides is 1. The topological polar surface area (TPSA) is 81.1 Å². The van der Waals surface area contributed by atoms with E-state index in [0.29, 0.717) is 31.3 Å². The molecule has 1 amide bonds. The zero-order chi connectivity index (χ0) is 16.9. The molecule has 0 saturated carbocycles. The van der Waals surface area contributed by atoms with Crippen LogP contribution in [0.15, 0.2) is 24.7 Å². The number of carbonyl (C=O) groups is 1. The maximum Gasteiger partial charge on any atom is 0.272 e. The standard InChI is InChI=1S/C17H21N5O2/c1-12-15(20-8-7-18-12)4-3-14-11-24-10-9-22(14)17(23)16-5-6-19-13(2)21-16/h5-8,14H,3-4,9-11H2,1-2H3/t14-/m0/s1. The molecule has 3 rings (SSSR count). The van der Waals surface area contributed by atoms with E-state index in [4.69, 9.17) is 4.74 Å². The second-order valence-corrected chi connectivity index (χ2v) is 5.84. The summed E-state index contributed by atoms with van der Waals surface area (Å²) in [6.07, 6.45) is 6.56. The van der Waals surface area contributed by atoms with Gasteiger partial charge < -0.3 is 9.64 Å². The van der Waals surface area contributed by atoms with Crippen molar-refractivity contribution in [1.82, 2.24) is 24.8 Å². The van der Waals surface area contributed by atoms with Gasteiger partial charge in [-0.1, -0.05) is 0 Å². The van der Waals surface area contributed by atoms with Crippen molar-refractivity contribution in [1.29, 1.82) is 0 Å². The fourth-order valence-corrected chi connectivity index (χ4v) is 2.87. The molecule has 0 unspecified atom stereocenters. The van der Waals surface area contributed by atoms with Gasteiger partial charge in [0.1, 0.15) is 11.5 Å². The lowest BCUT2D eigenvalue weighted by molar-refractivity contribution is -0.00446. The van der Waals surface area contributed by atoms with Gasteiger partial charge in [0.15, 0.2) is 0 Å². The van der Waals surface area contributed by atoms with Crippen LogP contribution in [-0.2, 0) is 11.2 Å². The fourth-order valence-electron chi connectivity index (χ4n) is 2.87. The maximum atomic E-state index is 12.8. The molecular weight excluding hydrogens is 306 g/mol. The first-order chi connectivity index (χ1) is 11.6. The molecule has 7 heteroatoms. The van der Waals surface area contributed by atoms with Crippen LogP contribution in [0.25, 0.3) is 0 Å². The van der Waals surface area contributed by atoms with Crippen molar-refractivity contribution in [3.05, 3.63) is 47.6 Å². The summed E-state index contributed by atoms with van der Waals surface area (Å²) in [5.74, 6) is 0.533. The molecule has 126 valence electrons. The van der Waals surface area contributed by atoms with Gasteiger partial charge in [0.2, 0.25) is 0 Å². The lowest BCUT2D eigenvalue weighted by Gasteiger charge is -2.35. The van der Waals surface area contributed by atoms with Crippen LogP contribution in [0.4, 0.5) is 0 Å². The molecule has 24 heavy (non-hydrogen) atoms. The first kappa shape index (κ1) is 16.4. The molecule has 1 aliphatic rings. The molecule has 0 radical (unpaired) electrons. The normalized spacial score (nSPS) is 17.8. The smallest absolute Gasteiger partial charge is 0.272 e. The van der Waals surface area contributed by atoms with Crippen molar-refractivity contribution in [3.8, 4) is 0 Å². The van der Waals surface area contributed by atoms with E-state index in [1.165, 1.54) is 0 Å². The number of carbonyl (C=O) groups excluding carboxylic acids is 1. The molecule has 1 fully saturated rings. The molecule has 2 aromatic rings. The maximum absolute atomic E-state index is 12.8. The van der Waals surface area contributed by atoms with Crippen LogP contribution in [0.1, 0.15) is 34.1 Å². The Bertz CT molecular complexity index is 722. The summed E-state index contributed by atoms with van der Waals surface area (Å²) in [7, 11) is 0. The quantitative estimate of drug-likeness (QED) is 0.843. The SMILES string of the molecule is Cc1nccc(C(=O)N2CCOC[C@@H]2CCc2nccnc2C)n1. The Kier molecular flexibility index (Phi) is 5.10. The molecule has 2 aromatic heterocycles. The second kappa shape index (κ2) is 7.44. The molecule has 1 saturated heterocycles. The van der Waals surface area contributed by atoms with E-state index < -0.39 is 0 Å². The summed E-state index contributed by atoms with van der Waals surface area (Å²) >= 11 is 0. The number of rotatable bonds is 4. The Hall–Kier alpha value is -2.41. The highest BCUT2D eigenvalue weighted by atomic mass is 16.5. The monoisotopic (exact) mass is 327 g/mol. The van der Waals surface area contributed by atoms with Crippen LogP contribution in [-0.4, -0.2) is 56.5 Å². The van der Waals surface area contributed by atoms with Crippen molar-refractivity contribution in [3.63, 3.8) is 0 Å². The van der Waals surface area contributed by atoms with Gasteiger partial charge in [-0.3, -0.25) is 14.8 Å². The predicted octanol–water partition coefficient (Wildman–Crippen LogP) is 1.36. The van der Waals surface area contributed by atoms with Crippen LogP contribution in [0.2, 0.25) is 0 Å². The van der Waals surface area contributed by atoms with Crippen LogP contribution < -0.4 is 0 Å². The second-order valence-electron chi connectivity index (χ2n) is 5.84. The van der Waals surface area contributed by atoms with E-state index in [9.17, 15) is 4.79 Å². The summed E-state index contributed by atoms with van der Waals surface area (Å²) in [6, 6.07) is 1.68. The largest absolute Gasteiger partial charge is 0.377 e. The van der Waals surface area contributed by atoms with Crippen molar-refractivity contribution in [2.45, 2.75) is 32.7 Å². The lowest BCUT2D eigenvalue weighted by Crippen LogP contribution is -2.49.